The van der Waals surface area contributed by atoms with E-state index in [1.807, 2.05) is 33.2 Å². The molecule has 1 aromatic heterocycles. The molecular formula is C13H15FN2S. The highest BCUT2D eigenvalue weighted by molar-refractivity contribution is 7.15. The van der Waals surface area contributed by atoms with Crippen molar-refractivity contribution in [1.82, 2.24) is 4.98 Å². The van der Waals surface area contributed by atoms with Crippen molar-refractivity contribution >= 4 is 16.5 Å². The zero-order valence-corrected chi connectivity index (χ0v) is 11.0. The lowest BCUT2D eigenvalue weighted by atomic mass is 10.1. The summed E-state index contributed by atoms with van der Waals surface area (Å²) in [6, 6.07) is 4.90. The van der Waals surface area contributed by atoms with Crippen LogP contribution in [-0.2, 0) is 6.54 Å². The summed E-state index contributed by atoms with van der Waals surface area (Å²) in [4.78, 5) is 7.61. The molecule has 0 N–H and O–H groups in total. The second-order valence-electron chi connectivity index (χ2n) is 4.18. The molecule has 2 aromatic rings. The van der Waals surface area contributed by atoms with Crippen molar-refractivity contribution in [3.05, 3.63) is 46.2 Å². The first-order valence-electron chi connectivity index (χ1n) is 5.45. The molecule has 0 saturated carbocycles. The fourth-order valence-corrected chi connectivity index (χ4v) is 2.40. The highest BCUT2D eigenvalue weighted by atomic mass is 32.1. The second kappa shape index (κ2) is 4.84. The van der Waals surface area contributed by atoms with Crippen LogP contribution in [0.15, 0.2) is 24.4 Å². The van der Waals surface area contributed by atoms with E-state index in [-0.39, 0.29) is 5.82 Å². The summed E-state index contributed by atoms with van der Waals surface area (Å²) < 4.78 is 13.0. The maximum absolute atomic E-state index is 13.0. The third-order valence-electron chi connectivity index (χ3n) is 2.65. The van der Waals surface area contributed by atoms with Gasteiger partial charge in [0.2, 0.25) is 0 Å². The van der Waals surface area contributed by atoms with E-state index in [0.29, 0.717) is 0 Å². The maximum atomic E-state index is 13.0. The minimum absolute atomic E-state index is 0.181. The number of aryl methyl sites for hydroxylation is 2. The molecule has 0 fully saturated rings. The monoisotopic (exact) mass is 250 g/mol. The number of rotatable bonds is 3. The van der Waals surface area contributed by atoms with Crippen LogP contribution in [0.2, 0.25) is 0 Å². The van der Waals surface area contributed by atoms with E-state index in [1.54, 1.807) is 17.4 Å². The van der Waals surface area contributed by atoms with Gasteiger partial charge < -0.3 is 4.90 Å². The molecule has 1 heterocycles. The van der Waals surface area contributed by atoms with E-state index < -0.39 is 0 Å². The Labute approximate surface area is 105 Å². The minimum Gasteiger partial charge on any atom is -0.347 e. The van der Waals surface area contributed by atoms with Crippen molar-refractivity contribution in [1.29, 1.82) is 0 Å². The smallest absolute Gasteiger partial charge is 0.185 e. The maximum Gasteiger partial charge on any atom is 0.185 e. The molecule has 2 rings (SSSR count). The Morgan fingerprint density at radius 1 is 1.35 bits per heavy atom. The van der Waals surface area contributed by atoms with Crippen molar-refractivity contribution in [3.63, 3.8) is 0 Å². The first-order chi connectivity index (χ1) is 8.06. The molecule has 0 aliphatic rings. The van der Waals surface area contributed by atoms with Gasteiger partial charge in [0.25, 0.3) is 0 Å². The summed E-state index contributed by atoms with van der Waals surface area (Å²) in [5.74, 6) is -0.181. The number of anilines is 1. The molecule has 0 aliphatic carbocycles. The van der Waals surface area contributed by atoms with E-state index in [2.05, 4.69) is 9.88 Å². The molecule has 0 unspecified atom stereocenters. The van der Waals surface area contributed by atoms with Gasteiger partial charge in [-0.2, -0.15) is 0 Å². The Morgan fingerprint density at radius 2 is 2.12 bits per heavy atom. The molecule has 0 saturated heterocycles. The van der Waals surface area contributed by atoms with Crippen LogP contribution >= 0.6 is 11.3 Å². The second-order valence-corrected chi connectivity index (χ2v) is 5.39. The zero-order valence-electron chi connectivity index (χ0n) is 10.2. The standard InChI is InChI=1S/C13H15FN2S/c1-9-6-12(14)5-4-11(9)8-16(3)13-15-7-10(2)17-13/h4-7H,8H2,1-3H3. The van der Waals surface area contributed by atoms with Crippen LogP contribution in [0, 0.1) is 19.7 Å². The van der Waals surface area contributed by atoms with Crippen molar-refractivity contribution < 1.29 is 4.39 Å². The average Bonchev–Trinajstić information content (AvgIpc) is 2.69. The molecular weight excluding hydrogens is 235 g/mol. The number of benzene rings is 1. The van der Waals surface area contributed by atoms with Gasteiger partial charge in [-0.3, -0.25) is 0 Å². The predicted molar refractivity (Wildman–Crippen MR) is 70.1 cm³/mol. The number of hydrogen-bond acceptors (Lipinski definition) is 3. The molecule has 1 aromatic carbocycles. The number of nitrogens with zero attached hydrogens (tertiary/aromatic N) is 2. The zero-order chi connectivity index (χ0) is 12.4. The summed E-state index contributed by atoms with van der Waals surface area (Å²) in [5.41, 5.74) is 2.10. The van der Waals surface area contributed by atoms with Gasteiger partial charge in [-0.05, 0) is 37.1 Å². The van der Waals surface area contributed by atoms with E-state index in [0.717, 1.165) is 22.8 Å². The third kappa shape index (κ3) is 2.82. The normalized spacial score (nSPS) is 10.6. The van der Waals surface area contributed by atoms with Gasteiger partial charge in [0.1, 0.15) is 5.82 Å². The molecule has 90 valence electrons. The summed E-state index contributed by atoms with van der Waals surface area (Å²) >= 11 is 1.66. The quantitative estimate of drug-likeness (QED) is 0.828. The lowest BCUT2D eigenvalue weighted by Crippen LogP contribution is -2.16. The van der Waals surface area contributed by atoms with Gasteiger partial charge in [0.05, 0.1) is 0 Å². The predicted octanol–water partition coefficient (Wildman–Crippen LogP) is 3.54. The number of thiazole rings is 1. The minimum atomic E-state index is -0.181. The molecule has 17 heavy (non-hydrogen) atoms. The van der Waals surface area contributed by atoms with Crippen LogP contribution in [0.5, 0.6) is 0 Å². The van der Waals surface area contributed by atoms with Crippen molar-refractivity contribution in [2.24, 2.45) is 0 Å². The highest BCUT2D eigenvalue weighted by Gasteiger charge is 2.08. The lowest BCUT2D eigenvalue weighted by Gasteiger charge is -2.17. The fraction of sp³-hybridized carbons (Fsp3) is 0.308. The van der Waals surface area contributed by atoms with Crippen molar-refractivity contribution in [2.75, 3.05) is 11.9 Å². The molecule has 0 amide bonds. The van der Waals surface area contributed by atoms with E-state index in [9.17, 15) is 4.39 Å². The molecule has 0 bridgehead atoms. The Balaban J connectivity index is 2.15. The number of halogens is 1. The SMILES string of the molecule is Cc1cnc(N(C)Cc2ccc(F)cc2C)s1. The summed E-state index contributed by atoms with van der Waals surface area (Å²) in [5, 5.41) is 0.992. The summed E-state index contributed by atoms with van der Waals surface area (Å²) in [6.45, 7) is 4.72. The molecule has 2 nitrogen and oxygen atoms in total. The van der Waals surface area contributed by atoms with Crippen LogP contribution in [0.25, 0.3) is 0 Å². The van der Waals surface area contributed by atoms with Crippen molar-refractivity contribution in [3.8, 4) is 0 Å². The number of aromatic nitrogens is 1. The molecule has 0 radical (unpaired) electrons. The Bertz CT molecular complexity index is 522. The highest BCUT2D eigenvalue weighted by Crippen LogP contribution is 2.22. The molecule has 0 spiro atoms. The number of hydrogen-bond donors (Lipinski definition) is 0. The average molecular weight is 250 g/mol. The van der Waals surface area contributed by atoms with Crippen LogP contribution in [0.3, 0.4) is 0 Å². The Kier molecular flexibility index (Phi) is 3.43. The molecule has 4 heteroatoms. The van der Waals surface area contributed by atoms with E-state index >= 15 is 0 Å². The molecule has 0 atom stereocenters. The summed E-state index contributed by atoms with van der Waals surface area (Å²) in [6.07, 6.45) is 1.87. The van der Waals surface area contributed by atoms with Gasteiger partial charge in [0.15, 0.2) is 5.13 Å². The van der Waals surface area contributed by atoms with Gasteiger partial charge in [0, 0.05) is 24.7 Å². The topological polar surface area (TPSA) is 16.1 Å². The third-order valence-corrected chi connectivity index (χ3v) is 3.67. The van der Waals surface area contributed by atoms with Crippen LogP contribution in [-0.4, -0.2) is 12.0 Å². The first kappa shape index (κ1) is 12.0. The van der Waals surface area contributed by atoms with E-state index in [1.165, 1.54) is 10.9 Å². The van der Waals surface area contributed by atoms with Gasteiger partial charge in [-0.1, -0.05) is 6.07 Å². The van der Waals surface area contributed by atoms with Crippen LogP contribution in [0.1, 0.15) is 16.0 Å². The summed E-state index contributed by atoms with van der Waals surface area (Å²) in [7, 11) is 2.00. The first-order valence-corrected chi connectivity index (χ1v) is 6.26. The van der Waals surface area contributed by atoms with Crippen LogP contribution < -0.4 is 4.90 Å². The molecule has 0 aliphatic heterocycles. The van der Waals surface area contributed by atoms with Gasteiger partial charge in [-0.15, -0.1) is 11.3 Å². The van der Waals surface area contributed by atoms with Gasteiger partial charge in [-0.25, -0.2) is 9.37 Å². The largest absolute Gasteiger partial charge is 0.347 e. The van der Waals surface area contributed by atoms with Crippen LogP contribution in [0.4, 0.5) is 9.52 Å². The Morgan fingerprint density at radius 3 is 2.71 bits per heavy atom. The van der Waals surface area contributed by atoms with Gasteiger partial charge >= 0.3 is 0 Å². The van der Waals surface area contributed by atoms with E-state index in [4.69, 9.17) is 0 Å². The van der Waals surface area contributed by atoms with Crippen molar-refractivity contribution in [2.45, 2.75) is 20.4 Å². The Hall–Kier alpha value is -1.42. The fourth-order valence-electron chi connectivity index (χ4n) is 1.68. The lowest BCUT2D eigenvalue weighted by molar-refractivity contribution is 0.625.